The highest BCUT2D eigenvalue weighted by atomic mass is 31.1. The first-order valence-electron chi connectivity index (χ1n) is 3.65. The number of hydrogen-bond acceptors (Lipinski definition) is 4. The lowest BCUT2D eigenvalue weighted by atomic mass is 10.3. The zero-order valence-electron chi connectivity index (χ0n) is 7.17. The molecule has 0 aliphatic carbocycles. The van der Waals surface area contributed by atoms with Crippen molar-refractivity contribution in [2.45, 2.75) is 0 Å². The number of benzene rings is 1. The van der Waals surface area contributed by atoms with Crippen LogP contribution >= 0.6 is 8.25 Å². The smallest absolute Gasteiger partial charge is 0.463 e. The zero-order chi connectivity index (χ0) is 9.52. The van der Waals surface area contributed by atoms with Gasteiger partial charge in [-0.3, -0.25) is 0 Å². The number of hydrogen-bond donors (Lipinski definition) is 0. The minimum Gasteiger partial charge on any atom is -0.463 e. The number of ether oxygens (including phenoxy) is 1. The molecule has 0 aliphatic heterocycles. The van der Waals surface area contributed by atoms with E-state index >= 15 is 0 Å². The van der Waals surface area contributed by atoms with Gasteiger partial charge in [-0.1, -0.05) is 22.7 Å². The lowest BCUT2D eigenvalue weighted by molar-refractivity contribution is 0.110. The van der Waals surface area contributed by atoms with Gasteiger partial charge in [0.2, 0.25) is 6.79 Å². The van der Waals surface area contributed by atoms with Crippen molar-refractivity contribution in [3.8, 4) is 5.75 Å². The van der Waals surface area contributed by atoms with Gasteiger partial charge in [0.1, 0.15) is 5.75 Å². The van der Waals surface area contributed by atoms with E-state index in [0.29, 0.717) is 5.75 Å². The van der Waals surface area contributed by atoms with Crippen molar-refractivity contribution in [2.75, 3.05) is 13.9 Å². The molecule has 0 saturated carbocycles. The molecule has 5 heteroatoms. The van der Waals surface area contributed by atoms with Crippen LogP contribution in [0.5, 0.6) is 5.75 Å². The van der Waals surface area contributed by atoms with Gasteiger partial charge in [-0.05, 0) is 12.1 Å². The Labute approximate surface area is 77.4 Å². The van der Waals surface area contributed by atoms with Crippen LogP contribution in [-0.2, 0) is 13.6 Å². The second kappa shape index (κ2) is 5.65. The molecular formula is C8H10O4P+. The maximum absolute atomic E-state index is 10.6. The predicted molar refractivity (Wildman–Crippen MR) is 47.6 cm³/mol. The minimum absolute atomic E-state index is 0.0763. The van der Waals surface area contributed by atoms with Crippen molar-refractivity contribution < 1.29 is 18.3 Å². The summed E-state index contributed by atoms with van der Waals surface area (Å²) in [5.41, 5.74) is 0. The molecule has 0 fully saturated rings. The summed E-state index contributed by atoms with van der Waals surface area (Å²) in [6.45, 7) is -0.0763. The molecule has 70 valence electrons. The first-order chi connectivity index (χ1) is 6.33. The van der Waals surface area contributed by atoms with Gasteiger partial charge in [-0.15, -0.1) is 4.52 Å². The van der Waals surface area contributed by atoms with E-state index in [1.165, 1.54) is 7.11 Å². The highest BCUT2D eigenvalue weighted by Crippen LogP contribution is 2.21. The van der Waals surface area contributed by atoms with E-state index in [9.17, 15) is 4.57 Å². The normalized spacial score (nSPS) is 11.0. The average Bonchev–Trinajstić information content (AvgIpc) is 2.19. The Hall–Kier alpha value is -0.960. The Bertz CT molecular complexity index is 262. The Morgan fingerprint density at radius 1 is 1.31 bits per heavy atom. The predicted octanol–water partition coefficient (Wildman–Crippen LogP) is 2.34. The van der Waals surface area contributed by atoms with E-state index in [-0.39, 0.29) is 6.79 Å². The van der Waals surface area contributed by atoms with Gasteiger partial charge >= 0.3 is 8.25 Å². The summed E-state index contributed by atoms with van der Waals surface area (Å²) in [5, 5.41) is 0. The maximum atomic E-state index is 10.6. The monoisotopic (exact) mass is 201 g/mol. The van der Waals surface area contributed by atoms with Crippen molar-refractivity contribution in [1.82, 2.24) is 0 Å². The molecule has 0 N–H and O–H groups in total. The third kappa shape index (κ3) is 3.99. The van der Waals surface area contributed by atoms with Crippen LogP contribution in [0.1, 0.15) is 0 Å². The third-order valence-electron chi connectivity index (χ3n) is 1.28. The summed E-state index contributed by atoms with van der Waals surface area (Å²) in [6.07, 6.45) is 0. The molecule has 0 bridgehead atoms. The first kappa shape index (κ1) is 10.1. The highest BCUT2D eigenvalue weighted by molar-refractivity contribution is 7.33. The molecular weight excluding hydrogens is 191 g/mol. The Morgan fingerprint density at radius 3 is 2.62 bits per heavy atom. The quantitative estimate of drug-likeness (QED) is 0.541. The molecule has 0 aliphatic rings. The molecule has 0 spiro atoms. The standard InChI is InChI=1S/C8H10O4P/c1-10-13(9)12-7-11-8-5-3-2-4-6-8/h2-6H,7H2,1H3/q+1. The molecule has 13 heavy (non-hydrogen) atoms. The average molecular weight is 201 g/mol. The molecule has 0 saturated heterocycles. The zero-order valence-corrected chi connectivity index (χ0v) is 8.07. The fourth-order valence-corrected chi connectivity index (χ4v) is 0.951. The second-order valence-electron chi connectivity index (χ2n) is 2.11. The lowest BCUT2D eigenvalue weighted by Gasteiger charge is -1.99. The van der Waals surface area contributed by atoms with Gasteiger partial charge in [0, 0.05) is 4.57 Å². The van der Waals surface area contributed by atoms with Crippen molar-refractivity contribution in [2.24, 2.45) is 0 Å². The van der Waals surface area contributed by atoms with Crippen molar-refractivity contribution in [3.05, 3.63) is 30.3 Å². The Balaban J connectivity index is 2.24. The molecule has 0 radical (unpaired) electrons. The summed E-state index contributed by atoms with van der Waals surface area (Å²) in [6, 6.07) is 9.12. The molecule has 1 aromatic rings. The van der Waals surface area contributed by atoms with Crippen LogP contribution in [0.15, 0.2) is 30.3 Å². The molecule has 1 aromatic carbocycles. The van der Waals surface area contributed by atoms with E-state index < -0.39 is 8.25 Å². The maximum Gasteiger partial charge on any atom is 0.700 e. The molecule has 1 unspecified atom stereocenters. The molecule has 1 atom stereocenters. The van der Waals surface area contributed by atoms with Gasteiger partial charge in [-0.2, -0.15) is 0 Å². The van der Waals surface area contributed by atoms with Crippen molar-refractivity contribution in [3.63, 3.8) is 0 Å². The van der Waals surface area contributed by atoms with Crippen LogP contribution in [0.2, 0.25) is 0 Å². The van der Waals surface area contributed by atoms with Crippen LogP contribution < -0.4 is 4.74 Å². The number of rotatable bonds is 5. The van der Waals surface area contributed by atoms with Crippen molar-refractivity contribution in [1.29, 1.82) is 0 Å². The topological polar surface area (TPSA) is 44.8 Å². The van der Waals surface area contributed by atoms with Crippen LogP contribution in [-0.4, -0.2) is 13.9 Å². The molecule has 0 amide bonds. The summed E-state index contributed by atoms with van der Waals surface area (Å²) in [7, 11) is -0.743. The summed E-state index contributed by atoms with van der Waals surface area (Å²) >= 11 is 0. The summed E-state index contributed by atoms with van der Waals surface area (Å²) in [4.78, 5) is 0. The fourth-order valence-electron chi connectivity index (χ4n) is 0.707. The van der Waals surface area contributed by atoms with E-state index in [0.717, 1.165) is 0 Å². The van der Waals surface area contributed by atoms with Gasteiger partial charge in [-0.25, -0.2) is 0 Å². The molecule has 0 aromatic heterocycles. The second-order valence-corrected chi connectivity index (χ2v) is 3.18. The molecule has 0 heterocycles. The van der Waals surface area contributed by atoms with E-state index in [2.05, 4.69) is 9.05 Å². The largest absolute Gasteiger partial charge is 0.700 e. The van der Waals surface area contributed by atoms with E-state index in [1.807, 2.05) is 18.2 Å². The third-order valence-corrected chi connectivity index (χ3v) is 1.89. The SMILES string of the molecule is CO[P+](=O)OCOc1ccccc1. The van der Waals surface area contributed by atoms with Gasteiger partial charge < -0.3 is 4.74 Å². The Morgan fingerprint density at radius 2 is 2.00 bits per heavy atom. The molecule has 4 nitrogen and oxygen atoms in total. The lowest BCUT2D eigenvalue weighted by Crippen LogP contribution is -1.97. The first-order valence-corrected chi connectivity index (χ1v) is 4.74. The van der Waals surface area contributed by atoms with Crippen molar-refractivity contribution >= 4 is 8.25 Å². The van der Waals surface area contributed by atoms with E-state index in [1.54, 1.807) is 12.1 Å². The highest BCUT2D eigenvalue weighted by Gasteiger charge is 2.16. The summed E-state index contributed by atoms with van der Waals surface area (Å²) < 4.78 is 24.8. The van der Waals surface area contributed by atoms with Gasteiger partial charge in [0.25, 0.3) is 0 Å². The van der Waals surface area contributed by atoms with Gasteiger partial charge in [0.05, 0.1) is 7.11 Å². The Kier molecular flexibility index (Phi) is 4.40. The van der Waals surface area contributed by atoms with Crippen LogP contribution in [0.25, 0.3) is 0 Å². The van der Waals surface area contributed by atoms with Crippen LogP contribution in [0, 0.1) is 0 Å². The van der Waals surface area contributed by atoms with Gasteiger partial charge in [0.15, 0.2) is 0 Å². The van der Waals surface area contributed by atoms with Crippen LogP contribution in [0.3, 0.4) is 0 Å². The molecule has 1 rings (SSSR count). The summed E-state index contributed by atoms with van der Waals surface area (Å²) in [5.74, 6) is 0.669. The van der Waals surface area contributed by atoms with E-state index in [4.69, 9.17) is 4.74 Å². The van der Waals surface area contributed by atoms with Crippen LogP contribution in [0.4, 0.5) is 0 Å². The minimum atomic E-state index is -2.05. The number of para-hydroxylation sites is 1. The fraction of sp³-hybridized carbons (Fsp3) is 0.250.